The number of halogens is 3. The molecular weight excluding hydrogens is 365 g/mol. The molecule has 4 heterocycles. The van der Waals surface area contributed by atoms with Gasteiger partial charge in [0.25, 0.3) is 5.91 Å². The summed E-state index contributed by atoms with van der Waals surface area (Å²) in [6.07, 6.45) is 1.31. The molecule has 1 saturated heterocycles. The van der Waals surface area contributed by atoms with Crippen molar-refractivity contribution in [1.29, 1.82) is 0 Å². The largest absolute Gasteiger partial charge is 0.433 e. The number of nitrogens with zero attached hydrogens (tertiary/aromatic N) is 8. The molecule has 0 saturated carbocycles. The average molecular weight is 378 g/mol. The fourth-order valence-electron chi connectivity index (χ4n) is 2.69. The van der Waals surface area contributed by atoms with E-state index in [1.807, 2.05) is 0 Å². The Morgan fingerprint density at radius 2 is 1.93 bits per heavy atom. The van der Waals surface area contributed by atoms with E-state index in [9.17, 15) is 18.0 Å². The van der Waals surface area contributed by atoms with Crippen LogP contribution >= 0.6 is 0 Å². The molecule has 0 radical (unpaired) electrons. The molecule has 0 atom stereocenters. The smallest absolute Gasteiger partial charge is 0.334 e. The van der Waals surface area contributed by atoms with Crippen LogP contribution < -0.4 is 0 Å². The topological polar surface area (TPSA) is 94.6 Å². The molecule has 0 N–H and O–H groups in total. The van der Waals surface area contributed by atoms with Gasteiger partial charge in [-0.15, -0.1) is 5.10 Å². The van der Waals surface area contributed by atoms with Gasteiger partial charge in [0.05, 0.1) is 30.2 Å². The zero-order valence-corrected chi connectivity index (χ0v) is 13.8. The number of hydrogen-bond donors (Lipinski definition) is 0. The van der Waals surface area contributed by atoms with Crippen molar-refractivity contribution >= 4 is 5.91 Å². The van der Waals surface area contributed by atoms with Gasteiger partial charge >= 0.3 is 6.18 Å². The monoisotopic (exact) mass is 378 g/mol. The maximum atomic E-state index is 12.5. The SMILES string of the molecule is O=C(c1ccc(C(F)(F)F)nc1)N1CC(n2cc(Cn3nccn3)nn2)C1. The first kappa shape index (κ1) is 17.1. The molecule has 1 aliphatic rings. The third-order valence-corrected chi connectivity index (χ3v) is 4.15. The molecular formula is C15H13F3N8O. The zero-order chi connectivity index (χ0) is 19.0. The Labute approximate surface area is 150 Å². The fraction of sp³-hybridized carbons (Fsp3) is 0.333. The molecule has 27 heavy (non-hydrogen) atoms. The highest BCUT2D eigenvalue weighted by atomic mass is 19.4. The minimum atomic E-state index is -4.53. The van der Waals surface area contributed by atoms with Crippen LogP contribution in [0.1, 0.15) is 27.8 Å². The number of rotatable bonds is 4. The van der Waals surface area contributed by atoms with Gasteiger partial charge in [-0.25, -0.2) is 4.68 Å². The average Bonchev–Trinajstić information content (AvgIpc) is 3.25. The number of carbonyl (C=O) groups is 1. The highest BCUT2D eigenvalue weighted by Crippen LogP contribution is 2.28. The zero-order valence-electron chi connectivity index (χ0n) is 13.8. The van der Waals surface area contributed by atoms with Crippen LogP contribution in [0.4, 0.5) is 13.2 Å². The molecule has 3 aromatic rings. The quantitative estimate of drug-likeness (QED) is 0.673. The normalized spacial score (nSPS) is 15.0. The predicted octanol–water partition coefficient (Wildman–Crippen LogP) is 1.03. The molecule has 4 rings (SSSR count). The molecule has 0 aromatic carbocycles. The van der Waals surface area contributed by atoms with Crippen LogP contribution in [-0.2, 0) is 12.7 Å². The Hall–Kier alpha value is -3.31. The number of aromatic nitrogens is 7. The molecule has 1 amide bonds. The minimum absolute atomic E-state index is 0.0387. The number of amides is 1. The number of pyridine rings is 1. The first-order chi connectivity index (χ1) is 12.9. The second-order valence-corrected chi connectivity index (χ2v) is 6.04. The minimum Gasteiger partial charge on any atom is -0.334 e. The van der Waals surface area contributed by atoms with Crippen LogP contribution in [-0.4, -0.2) is 58.9 Å². The predicted molar refractivity (Wildman–Crippen MR) is 83.3 cm³/mol. The Morgan fingerprint density at radius 3 is 2.56 bits per heavy atom. The summed E-state index contributed by atoms with van der Waals surface area (Å²) in [5.74, 6) is -0.367. The van der Waals surface area contributed by atoms with Gasteiger partial charge in [-0.3, -0.25) is 9.78 Å². The third-order valence-electron chi connectivity index (χ3n) is 4.15. The Balaban J connectivity index is 1.35. The summed E-state index contributed by atoms with van der Waals surface area (Å²) < 4.78 is 39.3. The van der Waals surface area contributed by atoms with Gasteiger partial charge in [0, 0.05) is 19.3 Å². The van der Waals surface area contributed by atoms with Gasteiger partial charge in [-0.1, -0.05) is 5.21 Å². The molecule has 1 fully saturated rings. The second kappa shape index (κ2) is 6.45. The molecule has 9 nitrogen and oxygen atoms in total. The lowest BCUT2D eigenvalue weighted by Crippen LogP contribution is -2.50. The standard InChI is InChI=1S/C15H13F3N8O/c16-15(17,18)13-2-1-10(5-19-13)14(27)24-8-12(9-24)25-6-11(22-23-25)7-26-20-3-4-21-26/h1-6,12H,7-9H2. The second-order valence-electron chi connectivity index (χ2n) is 6.04. The number of alkyl halides is 3. The molecule has 0 unspecified atom stereocenters. The van der Waals surface area contributed by atoms with Gasteiger partial charge in [0.2, 0.25) is 0 Å². The molecule has 0 bridgehead atoms. The third kappa shape index (κ3) is 3.50. The Bertz CT molecular complexity index is 929. The lowest BCUT2D eigenvalue weighted by atomic mass is 10.1. The molecule has 3 aromatic heterocycles. The van der Waals surface area contributed by atoms with E-state index in [1.165, 1.54) is 9.70 Å². The summed E-state index contributed by atoms with van der Waals surface area (Å²) in [7, 11) is 0. The molecule has 12 heteroatoms. The van der Waals surface area contributed by atoms with Crippen LogP contribution in [0.2, 0.25) is 0 Å². The number of carbonyl (C=O) groups excluding carboxylic acids is 1. The van der Waals surface area contributed by atoms with Gasteiger partial charge in [0.1, 0.15) is 17.9 Å². The van der Waals surface area contributed by atoms with Gasteiger partial charge < -0.3 is 4.90 Å². The van der Waals surface area contributed by atoms with E-state index in [0.29, 0.717) is 25.3 Å². The highest BCUT2D eigenvalue weighted by Gasteiger charge is 2.35. The lowest BCUT2D eigenvalue weighted by molar-refractivity contribution is -0.141. The van der Waals surface area contributed by atoms with Crippen molar-refractivity contribution in [3.63, 3.8) is 0 Å². The van der Waals surface area contributed by atoms with Crippen molar-refractivity contribution < 1.29 is 18.0 Å². The van der Waals surface area contributed by atoms with Crippen LogP contribution in [0.5, 0.6) is 0 Å². The van der Waals surface area contributed by atoms with Crippen LogP contribution in [0.25, 0.3) is 0 Å². The molecule has 0 aliphatic carbocycles. The van der Waals surface area contributed by atoms with E-state index in [4.69, 9.17) is 0 Å². The molecule has 0 spiro atoms. The van der Waals surface area contributed by atoms with Crippen LogP contribution in [0.15, 0.2) is 36.9 Å². The van der Waals surface area contributed by atoms with Crippen molar-refractivity contribution in [1.82, 2.24) is 39.9 Å². The summed E-state index contributed by atoms with van der Waals surface area (Å²) in [5.41, 5.74) is -0.226. The van der Waals surface area contributed by atoms with Gasteiger partial charge in [-0.05, 0) is 12.1 Å². The van der Waals surface area contributed by atoms with E-state index in [0.717, 1.165) is 18.3 Å². The van der Waals surface area contributed by atoms with Crippen molar-refractivity contribution in [3.8, 4) is 0 Å². The number of likely N-dealkylation sites (tertiary alicyclic amines) is 1. The van der Waals surface area contributed by atoms with E-state index in [1.54, 1.807) is 23.3 Å². The van der Waals surface area contributed by atoms with E-state index >= 15 is 0 Å². The van der Waals surface area contributed by atoms with Gasteiger partial charge in [0.15, 0.2) is 0 Å². The molecule has 140 valence electrons. The van der Waals surface area contributed by atoms with Crippen molar-refractivity contribution in [3.05, 3.63) is 53.9 Å². The summed E-state index contributed by atoms with van der Waals surface area (Å²) in [6.45, 7) is 1.17. The summed E-state index contributed by atoms with van der Waals surface area (Å²) >= 11 is 0. The summed E-state index contributed by atoms with van der Waals surface area (Å²) in [5, 5.41) is 16.1. The van der Waals surface area contributed by atoms with Gasteiger partial charge in [-0.2, -0.15) is 28.2 Å². The summed E-state index contributed by atoms with van der Waals surface area (Å²) in [4.78, 5) is 18.6. The lowest BCUT2D eigenvalue weighted by Gasteiger charge is -2.38. The first-order valence-corrected chi connectivity index (χ1v) is 7.97. The Morgan fingerprint density at radius 1 is 1.19 bits per heavy atom. The first-order valence-electron chi connectivity index (χ1n) is 7.97. The van der Waals surface area contributed by atoms with Crippen LogP contribution in [0, 0.1) is 0 Å². The number of hydrogen-bond acceptors (Lipinski definition) is 6. The maximum Gasteiger partial charge on any atom is 0.433 e. The van der Waals surface area contributed by atoms with E-state index in [-0.39, 0.29) is 17.5 Å². The maximum absolute atomic E-state index is 12.5. The summed E-state index contributed by atoms with van der Waals surface area (Å²) in [6, 6.07) is 1.90. The fourth-order valence-corrected chi connectivity index (χ4v) is 2.69. The van der Waals surface area contributed by atoms with Crippen molar-refractivity contribution in [2.75, 3.05) is 13.1 Å². The highest BCUT2D eigenvalue weighted by molar-refractivity contribution is 5.94. The van der Waals surface area contributed by atoms with Crippen LogP contribution in [0.3, 0.4) is 0 Å². The van der Waals surface area contributed by atoms with Crippen molar-refractivity contribution in [2.24, 2.45) is 0 Å². The van der Waals surface area contributed by atoms with Crippen molar-refractivity contribution in [2.45, 2.75) is 18.8 Å². The Kier molecular flexibility index (Phi) is 4.09. The van der Waals surface area contributed by atoms with E-state index < -0.39 is 11.9 Å². The van der Waals surface area contributed by atoms with E-state index in [2.05, 4.69) is 25.5 Å². The molecule has 1 aliphatic heterocycles.